The number of hydrogen-bond acceptors (Lipinski definition) is 1. The molecule has 14 heavy (non-hydrogen) atoms. The van der Waals surface area contributed by atoms with Gasteiger partial charge in [-0.05, 0) is 17.7 Å². The Morgan fingerprint density at radius 3 is 2.50 bits per heavy atom. The molecule has 0 N–H and O–H groups in total. The molecule has 0 saturated heterocycles. The molecule has 0 radical (unpaired) electrons. The molecule has 5 heteroatoms. The highest BCUT2D eigenvalue weighted by molar-refractivity contribution is 6.31. The van der Waals surface area contributed by atoms with Crippen LogP contribution in [-0.4, -0.2) is 6.18 Å². The largest absolute Gasteiger partial charge is 0.393 e. The molecule has 0 heterocycles. The van der Waals surface area contributed by atoms with E-state index in [2.05, 4.69) is 0 Å². The van der Waals surface area contributed by atoms with Gasteiger partial charge in [0.15, 0.2) is 0 Å². The Balaban J connectivity index is 3.13. The Morgan fingerprint density at radius 1 is 1.36 bits per heavy atom. The van der Waals surface area contributed by atoms with Gasteiger partial charge in [0.2, 0.25) is 0 Å². The first-order chi connectivity index (χ1) is 6.44. The van der Waals surface area contributed by atoms with Gasteiger partial charge >= 0.3 is 6.18 Å². The summed E-state index contributed by atoms with van der Waals surface area (Å²) < 4.78 is 36.2. The fourth-order valence-electron chi connectivity index (χ4n) is 1.04. The summed E-state index contributed by atoms with van der Waals surface area (Å²) in [6.07, 6.45) is -5.52. The maximum atomic E-state index is 12.1. The standard InChI is InChI=1S/C9H5ClF3N/c10-8-3-1-2-6(5-14)7(8)4-9(11,12)13/h1-3H,4H2. The van der Waals surface area contributed by atoms with E-state index in [0.29, 0.717) is 0 Å². The fraction of sp³-hybridized carbons (Fsp3) is 0.222. The van der Waals surface area contributed by atoms with Crippen LogP contribution < -0.4 is 0 Å². The first-order valence-corrected chi connectivity index (χ1v) is 4.06. The smallest absolute Gasteiger partial charge is 0.192 e. The normalized spacial score (nSPS) is 11.1. The zero-order valence-electron chi connectivity index (χ0n) is 6.90. The lowest BCUT2D eigenvalue weighted by molar-refractivity contribution is -0.127. The molecule has 0 aliphatic heterocycles. The summed E-state index contributed by atoms with van der Waals surface area (Å²) in [4.78, 5) is 0. The van der Waals surface area contributed by atoms with E-state index in [0.717, 1.165) is 0 Å². The molecule has 0 bridgehead atoms. The number of alkyl halides is 3. The Morgan fingerprint density at radius 2 is 2.00 bits per heavy atom. The van der Waals surface area contributed by atoms with Crippen molar-refractivity contribution in [2.75, 3.05) is 0 Å². The van der Waals surface area contributed by atoms with E-state index in [-0.39, 0.29) is 16.1 Å². The number of rotatable bonds is 1. The molecule has 0 saturated carbocycles. The summed E-state index contributed by atoms with van der Waals surface area (Å²) in [6, 6.07) is 5.77. The van der Waals surface area contributed by atoms with Gasteiger partial charge in [0.25, 0.3) is 0 Å². The van der Waals surface area contributed by atoms with E-state index < -0.39 is 12.6 Å². The molecule has 0 unspecified atom stereocenters. The quantitative estimate of drug-likeness (QED) is 0.711. The second-order valence-electron chi connectivity index (χ2n) is 2.67. The summed E-state index contributed by atoms with van der Waals surface area (Å²) in [5.41, 5.74) is -0.195. The molecule has 0 aliphatic rings. The number of nitrogens with zero attached hydrogens (tertiary/aromatic N) is 1. The van der Waals surface area contributed by atoms with Crippen molar-refractivity contribution in [3.05, 3.63) is 34.3 Å². The van der Waals surface area contributed by atoms with Crippen molar-refractivity contribution >= 4 is 11.6 Å². The van der Waals surface area contributed by atoms with Crippen LogP contribution >= 0.6 is 11.6 Å². The Labute approximate surface area is 83.7 Å². The van der Waals surface area contributed by atoms with E-state index in [1.807, 2.05) is 0 Å². The average molecular weight is 220 g/mol. The lowest BCUT2D eigenvalue weighted by Crippen LogP contribution is -2.13. The van der Waals surface area contributed by atoms with Crippen molar-refractivity contribution in [1.29, 1.82) is 5.26 Å². The summed E-state index contributed by atoms with van der Waals surface area (Å²) >= 11 is 5.56. The first-order valence-electron chi connectivity index (χ1n) is 3.68. The third-order valence-electron chi connectivity index (χ3n) is 1.62. The van der Waals surface area contributed by atoms with Crippen LogP contribution in [0.4, 0.5) is 13.2 Å². The maximum Gasteiger partial charge on any atom is 0.393 e. The molecule has 1 aromatic carbocycles. The molecular formula is C9H5ClF3N. The Hall–Kier alpha value is -1.21. The molecule has 0 fully saturated rings. The van der Waals surface area contributed by atoms with Gasteiger partial charge in [0.05, 0.1) is 18.1 Å². The Kier molecular flexibility index (Phi) is 3.02. The molecule has 0 aromatic heterocycles. The third-order valence-corrected chi connectivity index (χ3v) is 1.97. The first kappa shape index (κ1) is 10.9. The second kappa shape index (κ2) is 3.89. The molecule has 0 atom stereocenters. The number of hydrogen-bond donors (Lipinski definition) is 0. The van der Waals surface area contributed by atoms with E-state index in [1.54, 1.807) is 6.07 Å². The highest BCUT2D eigenvalue weighted by atomic mass is 35.5. The minimum Gasteiger partial charge on any atom is -0.192 e. The number of halogens is 4. The van der Waals surface area contributed by atoms with Gasteiger partial charge in [-0.3, -0.25) is 0 Å². The molecule has 74 valence electrons. The minimum atomic E-state index is -4.35. The van der Waals surface area contributed by atoms with Gasteiger partial charge in [-0.1, -0.05) is 17.7 Å². The summed E-state index contributed by atoms with van der Waals surface area (Å²) in [6.45, 7) is 0. The van der Waals surface area contributed by atoms with Crippen LogP contribution in [-0.2, 0) is 6.42 Å². The lowest BCUT2D eigenvalue weighted by atomic mass is 10.1. The van der Waals surface area contributed by atoms with Crippen LogP contribution in [0.15, 0.2) is 18.2 Å². The van der Waals surface area contributed by atoms with Crippen molar-refractivity contribution in [3.63, 3.8) is 0 Å². The van der Waals surface area contributed by atoms with Gasteiger partial charge in [-0.15, -0.1) is 0 Å². The molecule has 0 amide bonds. The predicted molar refractivity (Wildman–Crippen MR) is 45.9 cm³/mol. The molecule has 0 aliphatic carbocycles. The zero-order chi connectivity index (χ0) is 10.8. The lowest BCUT2D eigenvalue weighted by Gasteiger charge is -2.09. The molecule has 0 spiro atoms. The molecular weight excluding hydrogens is 215 g/mol. The van der Waals surface area contributed by atoms with Crippen molar-refractivity contribution < 1.29 is 13.2 Å². The van der Waals surface area contributed by atoms with Crippen LogP contribution in [0.2, 0.25) is 5.02 Å². The average Bonchev–Trinajstić information content (AvgIpc) is 2.06. The number of benzene rings is 1. The van der Waals surface area contributed by atoms with E-state index in [1.165, 1.54) is 18.2 Å². The third kappa shape index (κ3) is 2.64. The van der Waals surface area contributed by atoms with Crippen molar-refractivity contribution in [1.82, 2.24) is 0 Å². The van der Waals surface area contributed by atoms with Gasteiger partial charge in [-0.2, -0.15) is 18.4 Å². The fourth-order valence-corrected chi connectivity index (χ4v) is 1.28. The van der Waals surface area contributed by atoms with Crippen LogP contribution in [0.3, 0.4) is 0 Å². The van der Waals surface area contributed by atoms with Gasteiger partial charge in [0, 0.05) is 5.02 Å². The van der Waals surface area contributed by atoms with Crippen LogP contribution in [0.25, 0.3) is 0 Å². The molecule has 1 rings (SSSR count). The van der Waals surface area contributed by atoms with Gasteiger partial charge in [0.1, 0.15) is 0 Å². The topological polar surface area (TPSA) is 23.8 Å². The summed E-state index contributed by atoms with van der Waals surface area (Å²) in [5, 5.41) is 8.54. The number of nitriles is 1. The molecule has 1 aromatic rings. The highest BCUT2D eigenvalue weighted by Crippen LogP contribution is 2.28. The van der Waals surface area contributed by atoms with Crippen molar-refractivity contribution in [2.45, 2.75) is 12.6 Å². The monoisotopic (exact) mass is 219 g/mol. The van der Waals surface area contributed by atoms with Gasteiger partial charge in [-0.25, -0.2) is 0 Å². The summed E-state index contributed by atoms with van der Waals surface area (Å²) in [5.74, 6) is 0. The SMILES string of the molecule is N#Cc1cccc(Cl)c1CC(F)(F)F. The van der Waals surface area contributed by atoms with E-state index in [9.17, 15) is 13.2 Å². The maximum absolute atomic E-state index is 12.1. The zero-order valence-corrected chi connectivity index (χ0v) is 7.65. The predicted octanol–water partition coefficient (Wildman–Crippen LogP) is 3.32. The van der Waals surface area contributed by atoms with Crippen molar-refractivity contribution in [2.24, 2.45) is 0 Å². The van der Waals surface area contributed by atoms with E-state index in [4.69, 9.17) is 16.9 Å². The van der Waals surface area contributed by atoms with Gasteiger partial charge < -0.3 is 0 Å². The van der Waals surface area contributed by atoms with Crippen LogP contribution in [0.1, 0.15) is 11.1 Å². The minimum absolute atomic E-state index is 0.0265. The van der Waals surface area contributed by atoms with Crippen LogP contribution in [0.5, 0.6) is 0 Å². The van der Waals surface area contributed by atoms with E-state index >= 15 is 0 Å². The van der Waals surface area contributed by atoms with Crippen molar-refractivity contribution in [3.8, 4) is 6.07 Å². The van der Waals surface area contributed by atoms with Crippen LogP contribution in [0, 0.1) is 11.3 Å². The second-order valence-corrected chi connectivity index (χ2v) is 3.08. The summed E-state index contributed by atoms with van der Waals surface area (Å²) in [7, 11) is 0. The highest BCUT2D eigenvalue weighted by Gasteiger charge is 2.30. The Bertz CT molecular complexity index is 379. The molecule has 1 nitrogen and oxygen atoms in total.